The summed E-state index contributed by atoms with van der Waals surface area (Å²) >= 11 is 0. The van der Waals surface area contributed by atoms with Crippen molar-refractivity contribution < 1.29 is 4.57 Å². The van der Waals surface area contributed by atoms with Crippen LogP contribution in [0.15, 0.2) is 40.4 Å². The van der Waals surface area contributed by atoms with Crippen molar-refractivity contribution in [2.45, 2.75) is 107 Å². The number of imidazole rings is 1. The first-order valence-corrected chi connectivity index (χ1v) is 12.9. The molecule has 0 spiro atoms. The summed E-state index contributed by atoms with van der Waals surface area (Å²) in [5.74, 6) is 2.57. The third kappa shape index (κ3) is 3.00. The molecule has 2 unspecified atom stereocenters. The van der Waals surface area contributed by atoms with Crippen LogP contribution in [0, 0.1) is 17.8 Å². The highest BCUT2D eigenvalue weighted by molar-refractivity contribution is 5.96. The van der Waals surface area contributed by atoms with E-state index in [1.54, 1.807) is 0 Å². The second-order valence-corrected chi connectivity index (χ2v) is 11.7. The largest absolute Gasteiger partial charge is 0.294 e. The number of allylic oxidation sites excluding steroid dienone is 4. The highest BCUT2D eigenvalue weighted by Crippen LogP contribution is 2.57. The van der Waals surface area contributed by atoms with E-state index in [-0.39, 0.29) is 22.4 Å². The van der Waals surface area contributed by atoms with Crippen molar-refractivity contribution >= 4 is 17.5 Å². The average molecular weight is 447 g/mol. The van der Waals surface area contributed by atoms with E-state index in [0.29, 0.717) is 0 Å². The summed E-state index contributed by atoms with van der Waals surface area (Å²) in [5.41, 5.74) is 8.00. The molecular formula is C30H44N3+. The Morgan fingerprint density at radius 2 is 1.85 bits per heavy atom. The monoisotopic (exact) mass is 446 g/mol. The van der Waals surface area contributed by atoms with Crippen molar-refractivity contribution in [3.05, 3.63) is 52.7 Å². The van der Waals surface area contributed by atoms with Crippen molar-refractivity contribution in [3.63, 3.8) is 0 Å². The van der Waals surface area contributed by atoms with E-state index >= 15 is 0 Å². The molecule has 2 aliphatic heterocycles. The van der Waals surface area contributed by atoms with E-state index in [0.717, 1.165) is 31.3 Å². The number of nitrogens with zero attached hydrogens (tertiary/aromatic N) is 3. The summed E-state index contributed by atoms with van der Waals surface area (Å²) in [6.45, 7) is 27.4. The van der Waals surface area contributed by atoms with Gasteiger partial charge in [0, 0.05) is 17.8 Å². The zero-order chi connectivity index (χ0) is 24.5. The Morgan fingerprint density at radius 1 is 1.21 bits per heavy atom. The predicted octanol–water partition coefficient (Wildman–Crippen LogP) is 7.40. The summed E-state index contributed by atoms with van der Waals surface area (Å²) in [6, 6.07) is 0.213. The maximum absolute atomic E-state index is 5.46. The fraction of sp³-hybridized carbons (Fsp3) is 0.600. The summed E-state index contributed by atoms with van der Waals surface area (Å²) in [5, 5.41) is 0. The molecule has 4 rings (SSSR count). The molecule has 0 radical (unpaired) electrons. The van der Waals surface area contributed by atoms with Crippen LogP contribution in [-0.4, -0.2) is 16.4 Å². The lowest BCUT2D eigenvalue weighted by Crippen LogP contribution is -2.69. The Hall–Kier alpha value is -2.16. The van der Waals surface area contributed by atoms with Crippen LogP contribution in [0.5, 0.6) is 0 Å². The maximum Gasteiger partial charge on any atom is 0.294 e. The van der Waals surface area contributed by atoms with Gasteiger partial charge in [-0.15, -0.1) is 0 Å². The van der Waals surface area contributed by atoms with Crippen LogP contribution in [0.3, 0.4) is 0 Å². The predicted molar refractivity (Wildman–Crippen MR) is 142 cm³/mol. The number of rotatable bonds is 5. The van der Waals surface area contributed by atoms with E-state index in [4.69, 9.17) is 4.99 Å². The molecule has 0 aromatic carbocycles. The van der Waals surface area contributed by atoms with Crippen LogP contribution in [-0.2, 0) is 5.54 Å². The van der Waals surface area contributed by atoms with Crippen molar-refractivity contribution in [1.29, 1.82) is 0 Å². The van der Waals surface area contributed by atoms with Gasteiger partial charge in [0.1, 0.15) is 5.54 Å². The molecule has 1 aromatic heterocycles. The first-order valence-electron chi connectivity index (χ1n) is 12.9. The highest BCUT2D eigenvalue weighted by Gasteiger charge is 2.61. The third-order valence-corrected chi connectivity index (χ3v) is 9.00. The molecule has 178 valence electrons. The van der Waals surface area contributed by atoms with Gasteiger partial charge in [-0.1, -0.05) is 65.8 Å². The molecule has 0 fully saturated rings. The molecule has 2 atom stereocenters. The van der Waals surface area contributed by atoms with Gasteiger partial charge in [0.2, 0.25) is 5.84 Å². The summed E-state index contributed by atoms with van der Waals surface area (Å²) in [7, 11) is 0. The van der Waals surface area contributed by atoms with E-state index in [1.807, 2.05) is 0 Å². The minimum atomic E-state index is -0.0397. The van der Waals surface area contributed by atoms with Crippen LogP contribution in [0.4, 0.5) is 0 Å². The van der Waals surface area contributed by atoms with E-state index in [2.05, 4.69) is 103 Å². The first kappa shape index (κ1) is 24.0. The standard InChI is InChI=1S/C30H44N3/c1-12-29(11)30(13-2,14-3)22-16-15-17-23-25(22)26-32(27(31-23)28(8,9)10)21(7)24(33(26)29)18-20(6)19(4)5/h15-16,18,23H,4,12-14,17H2,1-3,5-11H3/q+1. The fourth-order valence-electron chi connectivity index (χ4n) is 6.78. The smallest absolute Gasteiger partial charge is 0.242 e. The molecule has 0 bridgehead atoms. The number of aromatic nitrogens is 2. The molecule has 3 nitrogen and oxygen atoms in total. The molecular weight excluding hydrogens is 402 g/mol. The minimum absolute atomic E-state index is 0.0333. The van der Waals surface area contributed by atoms with E-state index in [1.165, 1.54) is 39.8 Å². The molecule has 0 amide bonds. The van der Waals surface area contributed by atoms with Gasteiger partial charge in [-0.05, 0) is 63.7 Å². The quantitative estimate of drug-likeness (QED) is 0.332. The summed E-state index contributed by atoms with van der Waals surface area (Å²) < 4.78 is 5.23. The second kappa shape index (κ2) is 7.68. The first-order chi connectivity index (χ1) is 15.4. The Kier molecular flexibility index (Phi) is 5.58. The Labute approximate surface area is 201 Å². The lowest BCUT2D eigenvalue weighted by molar-refractivity contribution is -0.781. The van der Waals surface area contributed by atoms with Crippen LogP contribution >= 0.6 is 0 Å². The summed E-state index contributed by atoms with van der Waals surface area (Å²) in [6.07, 6.45) is 11.5. The lowest BCUT2D eigenvalue weighted by atomic mass is 9.57. The molecule has 33 heavy (non-hydrogen) atoms. The molecule has 0 saturated heterocycles. The van der Waals surface area contributed by atoms with Gasteiger partial charge in [-0.3, -0.25) is 0 Å². The third-order valence-electron chi connectivity index (χ3n) is 9.00. The van der Waals surface area contributed by atoms with Gasteiger partial charge in [-0.25, -0.2) is 9.56 Å². The lowest BCUT2D eigenvalue weighted by Gasteiger charge is -2.52. The fourth-order valence-corrected chi connectivity index (χ4v) is 6.78. The van der Waals surface area contributed by atoms with Crippen LogP contribution in [0.2, 0.25) is 0 Å². The van der Waals surface area contributed by atoms with Gasteiger partial charge in [0.05, 0.1) is 11.6 Å². The van der Waals surface area contributed by atoms with Crippen LogP contribution in [0.1, 0.15) is 105 Å². The van der Waals surface area contributed by atoms with Gasteiger partial charge < -0.3 is 0 Å². The van der Waals surface area contributed by atoms with E-state index in [9.17, 15) is 0 Å². The van der Waals surface area contributed by atoms with Crippen LogP contribution in [0.25, 0.3) is 11.6 Å². The van der Waals surface area contributed by atoms with Gasteiger partial charge in [0.15, 0.2) is 11.4 Å². The molecule has 1 aliphatic carbocycles. The number of hydrogen-bond acceptors (Lipinski definition) is 1. The SMILES string of the molecule is C=C(C)C(C)=Cc1c(C)n2c3[n+]1C(C)(CC)C(CC)(CC)C1=C3C(CC=C1)N=C2C(C)(C)C. The Balaban J connectivity index is 2.26. The minimum Gasteiger partial charge on any atom is -0.242 e. The zero-order valence-electron chi connectivity index (χ0n) is 22.7. The molecule has 3 heteroatoms. The van der Waals surface area contributed by atoms with Crippen molar-refractivity contribution in [3.8, 4) is 0 Å². The highest BCUT2D eigenvalue weighted by atomic mass is 15.3. The van der Waals surface area contributed by atoms with Crippen LogP contribution < -0.4 is 4.57 Å². The van der Waals surface area contributed by atoms with Gasteiger partial charge in [-0.2, -0.15) is 4.57 Å². The Bertz CT molecular complexity index is 1140. The van der Waals surface area contributed by atoms with Gasteiger partial charge in [0.25, 0.3) is 5.82 Å². The van der Waals surface area contributed by atoms with Gasteiger partial charge >= 0.3 is 0 Å². The molecule has 3 aliphatic rings. The maximum atomic E-state index is 5.46. The average Bonchev–Trinajstić information content (AvgIpc) is 3.05. The Morgan fingerprint density at radius 3 is 2.36 bits per heavy atom. The van der Waals surface area contributed by atoms with Crippen molar-refractivity contribution in [2.75, 3.05) is 0 Å². The van der Waals surface area contributed by atoms with E-state index < -0.39 is 0 Å². The molecule has 0 saturated carbocycles. The van der Waals surface area contributed by atoms with Crippen molar-refractivity contribution in [2.24, 2.45) is 15.8 Å². The topological polar surface area (TPSA) is 21.2 Å². The molecule has 3 heterocycles. The molecule has 0 N–H and O–H groups in total. The molecule has 1 aromatic rings. The summed E-state index contributed by atoms with van der Waals surface area (Å²) in [4.78, 5) is 5.46. The number of aliphatic imine (C=N–C) groups is 1. The number of hydrogen-bond donors (Lipinski definition) is 0. The second-order valence-electron chi connectivity index (χ2n) is 11.7. The van der Waals surface area contributed by atoms with Crippen molar-refractivity contribution in [1.82, 2.24) is 4.57 Å². The zero-order valence-corrected chi connectivity index (χ0v) is 22.7. The normalized spacial score (nSPS) is 25.8.